The van der Waals surface area contributed by atoms with Gasteiger partial charge in [-0.15, -0.1) is 0 Å². The summed E-state index contributed by atoms with van der Waals surface area (Å²) in [6.07, 6.45) is 1.02. The zero-order chi connectivity index (χ0) is 5.70. The molecule has 0 aromatic carbocycles. The van der Waals surface area contributed by atoms with Gasteiger partial charge in [0.15, 0.2) is 0 Å². The molecule has 0 bridgehead atoms. The van der Waals surface area contributed by atoms with Crippen LogP contribution in [-0.2, 0) is 0 Å². The number of hydrogen-bond donors (Lipinski definition) is 1. The van der Waals surface area contributed by atoms with Crippen LogP contribution in [0.15, 0.2) is 0 Å². The van der Waals surface area contributed by atoms with Crippen molar-refractivity contribution in [3.05, 3.63) is 0 Å². The zero-order valence-corrected chi connectivity index (χ0v) is 5.02. The zero-order valence-electron chi connectivity index (χ0n) is 5.02. The van der Waals surface area contributed by atoms with Gasteiger partial charge in [0, 0.05) is 13.1 Å². The summed E-state index contributed by atoms with van der Waals surface area (Å²) in [7, 11) is 0. The van der Waals surface area contributed by atoms with Crippen molar-refractivity contribution >= 4 is 0 Å². The average Bonchev–Trinajstić information content (AvgIpc) is 1.68. The first-order valence-electron chi connectivity index (χ1n) is 2.75. The second-order valence-corrected chi connectivity index (χ2v) is 1.55. The molecule has 0 aromatic rings. The van der Waals surface area contributed by atoms with E-state index < -0.39 is 0 Å². The number of hydrogen-bond acceptors (Lipinski definition) is 2. The SMILES string of the molecule is CCCN(O)CC. The molecule has 0 amide bonds. The lowest BCUT2D eigenvalue weighted by Crippen LogP contribution is -2.18. The summed E-state index contributed by atoms with van der Waals surface area (Å²) in [4.78, 5) is 0. The third-order valence-corrected chi connectivity index (χ3v) is 0.847. The summed E-state index contributed by atoms with van der Waals surface area (Å²) in [6, 6.07) is 0. The predicted octanol–water partition coefficient (Wildman–Crippen LogP) is 1.11. The molecule has 0 saturated heterocycles. The molecule has 0 atom stereocenters. The molecular weight excluding hydrogens is 90.1 g/mol. The Kier molecular flexibility index (Phi) is 4.04. The van der Waals surface area contributed by atoms with Crippen LogP contribution in [0.1, 0.15) is 20.3 Å². The topological polar surface area (TPSA) is 23.5 Å². The van der Waals surface area contributed by atoms with Gasteiger partial charge >= 0.3 is 0 Å². The van der Waals surface area contributed by atoms with E-state index in [9.17, 15) is 0 Å². The Balaban J connectivity index is 2.83. The minimum absolute atomic E-state index is 0.730. The predicted molar refractivity (Wildman–Crippen MR) is 29.3 cm³/mol. The highest BCUT2D eigenvalue weighted by molar-refractivity contribution is 4.34. The fraction of sp³-hybridized carbons (Fsp3) is 1.00. The number of rotatable bonds is 3. The molecule has 0 heterocycles. The maximum atomic E-state index is 8.69. The van der Waals surface area contributed by atoms with E-state index in [1.54, 1.807) is 0 Å². The quantitative estimate of drug-likeness (QED) is 0.541. The highest BCUT2D eigenvalue weighted by atomic mass is 16.5. The minimum atomic E-state index is 0.730. The van der Waals surface area contributed by atoms with E-state index in [4.69, 9.17) is 5.21 Å². The highest BCUT2D eigenvalue weighted by Crippen LogP contribution is 1.81. The van der Waals surface area contributed by atoms with Crippen molar-refractivity contribution < 1.29 is 5.21 Å². The number of hydroxylamine groups is 2. The Labute approximate surface area is 44.7 Å². The molecular formula is C5H13NO. The van der Waals surface area contributed by atoms with Crippen LogP contribution in [-0.4, -0.2) is 23.4 Å². The van der Waals surface area contributed by atoms with E-state index in [1.165, 1.54) is 5.06 Å². The molecule has 0 aromatic heterocycles. The van der Waals surface area contributed by atoms with Gasteiger partial charge < -0.3 is 5.21 Å². The molecule has 2 nitrogen and oxygen atoms in total. The Morgan fingerprint density at radius 2 is 2.00 bits per heavy atom. The summed E-state index contributed by atoms with van der Waals surface area (Å²) >= 11 is 0. The molecule has 0 spiro atoms. The molecule has 0 saturated carbocycles. The summed E-state index contributed by atoms with van der Waals surface area (Å²) in [5.74, 6) is 0. The highest BCUT2D eigenvalue weighted by Gasteiger charge is 1.88. The van der Waals surface area contributed by atoms with Gasteiger partial charge in [0.25, 0.3) is 0 Å². The van der Waals surface area contributed by atoms with Crippen LogP contribution in [0.5, 0.6) is 0 Å². The molecule has 0 aliphatic carbocycles. The fourth-order valence-corrected chi connectivity index (χ4v) is 0.416. The largest absolute Gasteiger partial charge is 0.314 e. The lowest BCUT2D eigenvalue weighted by molar-refractivity contribution is -0.0857. The van der Waals surface area contributed by atoms with E-state index in [-0.39, 0.29) is 0 Å². The Morgan fingerprint density at radius 3 is 2.14 bits per heavy atom. The molecule has 1 N–H and O–H groups in total. The van der Waals surface area contributed by atoms with Gasteiger partial charge in [-0.1, -0.05) is 13.8 Å². The molecule has 0 aliphatic rings. The maximum Gasteiger partial charge on any atom is 0.0235 e. The van der Waals surface area contributed by atoms with E-state index in [0.717, 1.165) is 19.5 Å². The van der Waals surface area contributed by atoms with Crippen molar-refractivity contribution in [2.45, 2.75) is 20.3 Å². The van der Waals surface area contributed by atoms with Crippen LogP contribution in [0.2, 0.25) is 0 Å². The fourth-order valence-electron chi connectivity index (χ4n) is 0.416. The summed E-state index contributed by atoms with van der Waals surface area (Å²) in [5.41, 5.74) is 0. The molecule has 44 valence electrons. The molecule has 0 rings (SSSR count). The van der Waals surface area contributed by atoms with Crippen molar-refractivity contribution in [1.82, 2.24) is 5.06 Å². The molecule has 0 fully saturated rings. The first kappa shape index (κ1) is 6.92. The first-order chi connectivity index (χ1) is 3.31. The second kappa shape index (κ2) is 4.09. The molecule has 0 radical (unpaired) electrons. The van der Waals surface area contributed by atoms with E-state index >= 15 is 0 Å². The van der Waals surface area contributed by atoms with Gasteiger partial charge in [0.05, 0.1) is 0 Å². The van der Waals surface area contributed by atoms with Crippen LogP contribution < -0.4 is 0 Å². The number of nitrogens with zero attached hydrogens (tertiary/aromatic N) is 1. The van der Waals surface area contributed by atoms with Crippen molar-refractivity contribution in [2.24, 2.45) is 0 Å². The lowest BCUT2D eigenvalue weighted by atomic mass is 10.5. The first-order valence-corrected chi connectivity index (χ1v) is 2.75. The Morgan fingerprint density at radius 1 is 1.43 bits per heavy atom. The molecule has 0 unspecified atom stereocenters. The monoisotopic (exact) mass is 103 g/mol. The van der Waals surface area contributed by atoms with E-state index in [1.807, 2.05) is 13.8 Å². The van der Waals surface area contributed by atoms with Crippen LogP contribution in [0.4, 0.5) is 0 Å². The molecule has 0 aliphatic heterocycles. The standard InChI is InChI=1S/C5H13NO/c1-3-5-6(7)4-2/h7H,3-5H2,1-2H3. The average molecular weight is 103 g/mol. The normalized spacial score (nSPS) is 10.3. The van der Waals surface area contributed by atoms with E-state index in [2.05, 4.69) is 0 Å². The van der Waals surface area contributed by atoms with Crippen LogP contribution in [0.25, 0.3) is 0 Å². The van der Waals surface area contributed by atoms with Gasteiger partial charge in [-0.25, -0.2) is 0 Å². The summed E-state index contributed by atoms with van der Waals surface area (Å²) < 4.78 is 0. The third kappa shape index (κ3) is 3.76. The lowest BCUT2D eigenvalue weighted by Gasteiger charge is -2.07. The Hall–Kier alpha value is -0.0800. The van der Waals surface area contributed by atoms with Crippen molar-refractivity contribution in [2.75, 3.05) is 13.1 Å². The van der Waals surface area contributed by atoms with Gasteiger partial charge in [-0.2, -0.15) is 5.06 Å². The van der Waals surface area contributed by atoms with Gasteiger partial charge in [-0.05, 0) is 6.42 Å². The van der Waals surface area contributed by atoms with Crippen molar-refractivity contribution in [3.63, 3.8) is 0 Å². The Bertz CT molecular complexity index is 39.1. The smallest absolute Gasteiger partial charge is 0.0235 e. The van der Waals surface area contributed by atoms with Crippen LogP contribution in [0.3, 0.4) is 0 Å². The van der Waals surface area contributed by atoms with Gasteiger partial charge in [0.2, 0.25) is 0 Å². The molecule has 7 heavy (non-hydrogen) atoms. The third-order valence-electron chi connectivity index (χ3n) is 0.847. The molecule has 2 heteroatoms. The van der Waals surface area contributed by atoms with Crippen LogP contribution in [0, 0.1) is 0 Å². The van der Waals surface area contributed by atoms with Gasteiger partial charge in [-0.3, -0.25) is 0 Å². The summed E-state index contributed by atoms with van der Waals surface area (Å²) in [6.45, 7) is 5.48. The minimum Gasteiger partial charge on any atom is -0.314 e. The van der Waals surface area contributed by atoms with E-state index in [0.29, 0.717) is 0 Å². The van der Waals surface area contributed by atoms with Crippen molar-refractivity contribution in [1.29, 1.82) is 0 Å². The maximum absolute atomic E-state index is 8.69. The van der Waals surface area contributed by atoms with Gasteiger partial charge in [0.1, 0.15) is 0 Å². The summed E-state index contributed by atoms with van der Waals surface area (Å²) in [5, 5.41) is 10.00. The van der Waals surface area contributed by atoms with Crippen LogP contribution >= 0.6 is 0 Å². The van der Waals surface area contributed by atoms with Crippen molar-refractivity contribution in [3.8, 4) is 0 Å². The second-order valence-electron chi connectivity index (χ2n) is 1.55.